The average Bonchev–Trinajstić information content (AvgIpc) is 2.41. The lowest BCUT2D eigenvalue weighted by Gasteiger charge is -2.38. The fraction of sp³-hybridized carbons (Fsp3) is 0.538. The molecule has 0 bridgehead atoms. The van der Waals surface area contributed by atoms with Crippen molar-refractivity contribution in [3.8, 4) is 5.88 Å². The van der Waals surface area contributed by atoms with Gasteiger partial charge in [0, 0.05) is 31.4 Å². The molecule has 1 aromatic rings. The smallest absolute Gasteiger partial charge is 0.246 e. The average molecular weight is 265 g/mol. The van der Waals surface area contributed by atoms with E-state index in [2.05, 4.69) is 15.6 Å². The van der Waals surface area contributed by atoms with E-state index in [1.54, 1.807) is 13.3 Å². The molecular weight excluding hydrogens is 246 g/mol. The molecule has 0 aromatic carbocycles. The maximum Gasteiger partial charge on any atom is 0.246 e. The highest BCUT2D eigenvalue weighted by atomic mass is 16.5. The molecule has 1 saturated heterocycles. The van der Waals surface area contributed by atoms with Gasteiger partial charge >= 0.3 is 0 Å². The van der Waals surface area contributed by atoms with E-state index in [0.29, 0.717) is 12.4 Å². The fourth-order valence-corrected chi connectivity index (χ4v) is 1.81. The summed E-state index contributed by atoms with van der Waals surface area (Å²) in [7, 11) is 1.56. The lowest BCUT2D eigenvalue weighted by Crippen LogP contribution is -2.59. The van der Waals surface area contributed by atoms with Gasteiger partial charge in [0.25, 0.3) is 0 Å². The second kappa shape index (κ2) is 5.99. The molecule has 6 heteroatoms. The summed E-state index contributed by atoms with van der Waals surface area (Å²) in [6, 6.07) is 3.67. The monoisotopic (exact) mass is 265 g/mol. The first-order chi connectivity index (χ1) is 9.13. The molecule has 2 heterocycles. The van der Waals surface area contributed by atoms with Crippen LogP contribution in [0.15, 0.2) is 18.3 Å². The Kier molecular flexibility index (Phi) is 4.34. The van der Waals surface area contributed by atoms with E-state index in [1.165, 1.54) is 0 Å². The van der Waals surface area contributed by atoms with E-state index in [9.17, 15) is 4.79 Å². The summed E-state index contributed by atoms with van der Waals surface area (Å²) in [5.41, 5.74) is 0.637. The Bertz CT molecular complexity index is 447. The van der Waals surface area contributed by atoms with Gasteiger partial charge in [-0.05, 0) is 13.0 Å². The van der Waals surface area contributed by atoms with E-state index in [4.69, 9.17) is 9.47 Å². The Balaban J connectivity index is 1.76. The van der Waals surface area contributed by atoms with Crippen LogP contribution >= 0.6 is 0 Å². The van der Waals surface area contributed by atoms with Crippen LogP contribution in [-0.2, 0) is 16.1 Å². The molecule has 6 nitrogen and oxygen atoms in total. The molecule has 0 saturated carbocycles. The van der Waals surface area contributed by atoms with E-state index in [1.807, 2.05) is 19.1 Å². The molecule has 0 radical (unpaired) electrons. The van der Waals surface area contributed by atoms with Crippen LogP contribution in [0.1, 0.15) is 12.5 Å². The van der Waals surface area contributed by atoms with Crippen LogP contribution < -0.4 is 15.4 Å². The van der Waals surface area contributed by atoms with Gasteiger partial charge in [-0.1, -0.05) is 6.07 Å². The predicted octanol–water partition coefficient (Wildman–Crippen LogP) is 0.0849. The highest BCUT2D eigenvalue weighted by Gasteiger charge is 2.32. The number of hydrogen-bond donors (Lipinski definition) is 2. The molecule has 0 unspecified atom stereocenters. The zero-order valence-electron chi connectivity index (χ0n) is 11.2. The normalized spacial score (nSPS) is 16.5. The van der Waals surface area contributed by atoms with Gasteiger partial charge in [-0.3, -0.25) is 4.79 Å². The lowest BCUT2D eigenvalue weighted by atomic mass is 10.0. The Morgan fingerprint density at radius 3 is 3.00 bits per heavy atom. The van der Waals surface area contributed by atoms with Crippen LogP contribution in [-0.4, -0.2) is 43.3 Å². The number of hydrogen-bond acceptors (Lipinski definition) is 5. The molecule has 1 aromatic heterocycles. The van der Waals surface area contributed by atoms with Crippen LogP contribution in [0.4, 0.5) is 0 Å². The fourth-order valence-electron chi connectivity index (χ4n) is 1.81. The number of aromatic nitrogens is 1. The molecule has 1 aliphatic heterocycles. The molecule has 1 fully saturated rings. The SMILES string of the molecule is COc1ncccc1CNC(=O)COC1(C)CNC1. The zero-order chi connectivity index (χ0) is 13.7. The first-order valence-electron chi connectivity index (χ1n) is 6.22. The van der Waals surface area contributed by atoms with Crippen LogP contribution in [0.2, 0.25) is 0 Å². The van der Waals surface area contributed by atoms with Crippen molar-refractivity contribution >= 4 is 5.91 Å². The second-order valence-corrected chi connectivity index (χ2v) is 4.79. The molecule has 1 aliphatic rings. The van der Waals surface area contributed by atoms with Crippen LogP contribution in [0.3, 0.4) is 0 Å². The van der Waals surface area contributed by atoms with Crippen molar-refractivity contribution in [3.63, 3.8) is 0 Å². The number of ether oxygens (including phenoxy) is 2. The minimum atomic E-state index is -0.205. The first-order valence-corrected chi connectivity index (χ1v) is 6.22. The van der Waals surface area contributed by atoms with Crippen LogP contribution in [0.25, 0.3) is 0 Å². The third-order valence-corrected chi connectivity index (χ3v) is 3.07. The number of methoxy groups -OCH3 is 1. The zero-order valence-corrected chi connectivity index (χ0v) is 11.2. The highest BCUT2D eigenvalue weighted by Crippen LogP contribution is 2.15. The standard InChI is InChI=1S/C13H19N3O3/c1-13(8-14-9-13)19-7-11(17)16-6-10-4-3-5-15-12(10)18-2/h3-5,14H,6-9H2,1-2H3,(H,16,17). The number of rotatable bonds is 6. The molecule has 104 valence electrons. The van der Waals surface area contributed by atoms with Gasteiger partial charge in [-0.25, -0.2) is 4.98 Å². The van der Waals surface area contributed by atoms with Gasteiger partial charge in [-0.2, -0.15) is 0 Å². The Hall–Kier alpha value is -1.66. The molecular formula is C13H19N3O3. The molecule has 2 N–H and O–H groups in total. The maximum atomic E-state index is 11.7. The third-order valence-electron chi connectivity index (χ3n) is 3.07. The number of pyridine rings is 1. The minimum Gasteiger partial charge on any atom is -0.481 e. The molecule has 19 heavy (non-hydrogen) atoms. The van der Waals surface area contributed by atoms with Gasteiger partial charge in [0.1, 0.15) is 6.61 Å². The summed E-state index contributed by atoms with van der Waals surface area (Å²) in [5, 5.41) is 5.91. The second-order valence-electron chi connectivity index (χ2n) is 4.79. The number of carbonyl (C=O) groups excluding carboxylic acids is 1. The van der Waals surface area contributed by atoms with Crippen molar-refractivity contribution in [2.24, 2.45) is 0 Å². The van der Waals surface area contributed by atoms with Crippen LogP contribution in [0.5, 0.6) is 5.88 Å². The van der Waals surface area contributed by atoms with Crippen molar-refractivity contribution < 1.29 is 14.3 Å². The maximum absolute atomic E-state index is 11.7. The van der Waals surface area contributed by atoms with Crippen LogP contribution in [0, 0.1) is 0 Å². The van der Waals surface area contributed by atoms with Crippen molar-refractivity contribution in [1.29, 1.82) is 0 Å². The Morgan fingerprint density at radius 2 is 2.37 bits per heavy atom. The summed E-state index contributed by atoms with van der Waals surface area (Å²) >= 11 is 0. The third kappa shape index (κ3) is 3.65. The number of carbonyl (C=O) groups is 1. The van der Waals surface area contributed by atoms with Gasteiger partial charge in [0.05, 0.1) is 12.7 Å². The topological polar surface area (TPSA) is 72.5 Å². The summed E-state index contributed by atoms with van der Waals surface area (Å²) in [6.07, 6.45) is 1.65. The number of amides is 1. The summed E-state index contributed by atoms with van der Waals surface area (Å²) < 4.78 is 10.7. The van der Waals surface area contributed by atoms with E-state index in [0.717, 1.165) is 18.7 Å². The Labute approximate surface area is 112 Å². The molecule has 0 aliphatic carbocycles. The summed E-state index contributed by atoms with van der Waals surface area (Å²) in [5.74, 6) is 0.387. The Morgan fingerprint density at radius 1 is 1.58 bits per heavy atom. The van der Waals surface area contributed by atoms with Crippen molar-refractivity contribution in [1.82, 2.24) is 15.6 Å². The predicted molar refractivity (Wildman–Crippen MR) is 69.9 cm³/mol. The number of nitrogens with one attached hydrogen (secondary N) is 2. The van der Waals surface area contributed by atoms with Crippen molar-refractivity contribution in [3.05, 3.63) is 23.9 Å². The lowest BCUT2D eigenvalue weighted by molar-refractivity contribution is -0.136. The van der Waals surface area contributed by atoms with E-state index < -0.39 is 0 Å². The van der Waals surface area contributed by atoms with Gasteiger partial charge < -0.3 is 20.1 Å². The van der Waals surface area contributed by atoms with Gasteiger partial charge in [-0.15, -0.1) is 0 Å². The van der Waals surface area contributed by atoms with Crippen molar-refractivity contribution in [2.45, 2.75) is 19.1 Å². The van der Waals surface area contributed by atoms with E-state index in [-0.39, 0.29) is 18.1 Å². The largest absolute Gasteiger partial charge is 0.481 e. The summed E-state index contributed by atoms with van der Waals surface area (Å²) in [4.78, 5) is 15.8. The summed E-state index contributed by atoms with van der Waals surface area (Å²) in [6.45, 7) is 4.02. The first kappa shape index (κ1) is 13.8. The molecule has 0 spiro atoms. The van der Waals surface area contributed by atoms with Crippen molar-refractivity contribution in [2.75, 3.05) is 26.8 Å². The van der Waals surface area contributed by atoms with E-state index >= 15 is 0 Å². The molecule has 2 rings (SSSR count). The quantitative estimate of drug-likeness (QED) is 0.762. The van der Waals surface area contributed by atoms with Gasteiger partial charge in [0.2, 0.25) is 11.8 Å². The molecule has 0 atom stereocenters. The molecule has 1 amide bonds. The number of nitrogens with zero attached hydrogens (tertiary/aromatic N) is 1. The van der Waals surface area contributed by atoms with Gasteiger partial charge in [0.15, 0.2) is 0 Å². The highest BCUT2D eigenvalue weighted by molar-refractivity contribution is 5.77. The minimum absolute atomic E-state index is 0.0702.